The minimum atomic E-state index is 0.665. The fourth-order valence-corrected chi connectivity index (χ4v) is 2.18. The number of rotatable bonds is 9. The van der Waals surface area contributed by atoms with Crippen molar-refractivity contribution >= 4 is 5.69 Å². The lowest BCUT2D eigenvalue weighted by Gasteiger charge is -2.22. The molecule has 1 aliphatic carbocycles. The van der Waals surface area contributed by atoms with E-state index in [1.54, 1.807) is 7.11 Å². The summed E-state index contributed by atoms with van der Waals surface area (Å²) < 4.78 is 10.5. The summed E-state index contributed by atoms with van der Waals surface area (Å²) in [4.78, 5) is 2.49. The summed E-state index contributed by atoms with van der Waals surface area (Å²) in [7, 11) is 1.69. The molecule has 0 saturated heterocycles. The molecule has 1 aliphatic rings. The monoisotopic (exact) mass is 264 g/mol. The van der Waals surface area contributed by atoms with Crippen LogP contribution < -0.4 is 5.73 Å². The first-order valence-corrected chi connectivity index (χ1v) is 6.95. The van der Waals surface area contributed by atoms with Crippen molar-refractivity contribution in [3.8, 4) is 0 Å². The molecule has 4 heteroatoms. The molecule has 0 aliphatic heterocycles. The van der Waals surface area contributed by atoms with Gasteiger partial charge in [-0.15, -0.1) is 0 Å². The average molecular weight is 264 g/mol. The van der Waals surface area contributed by atoms with Crippen molar-refractivity contribution in [3.05, 3.63) is 29.8 Å². The highest BCUT2D eigenvalue weighted by molar-refractivity contribution is 5.40. The van der Waals surface area contributed by atoms with Crippen LogP contribution in [-0.4, -0.2) is 44.4 Å². The van der Waals surface area contributed by atoms with Gasteiger partial charge in [0.2, 0.25) is 0 Å². The van der Waals surface area contributed by atoms with Gasteiger partial charge in [0.25, 0.3) is 0 Å². The lowest BCUT2D eigenvalue weighted by atomic mass is 10.2. The Balaban J connectivity index is 1.76. The maximum absolute atomic E-state index is 5.82. The molecule has 0 unspecified atom stereocenters. The van der Waals surface area contributed by atoms with Crippen LogP contribution in [0.2, 0.25) is 0 Å². The van der Waals surface area contributed by atoms with Crippen LogP contribution in [0.4, 0.5) is 5.69 Å². The first-order valence-electron chi connectivity index (χ1n) is 6.95. The van der Waals surface area contributed by atoms with Crippen molar-refractivity contribution in [2.45, 2.75) is 25.4 Å². The van der Waals surface area contributed by atoms with Crippen LogP contribution in [0.5, 0.6) is 0 Å². The molecule has 106 valence electrons. The number of methoxy groups -OCH3 is 1. The number of nitrogen functional groups attached to an aromatic ring is 1. The van der Waals surface area contributed by atoms with Crippen molar-refractivity contribution < 1.29 is 9.47 Å². The maximum Gasteiger partial charge on any atom is 0.0700 e. The van der Waals surface area contributed by atoms with Gasteiger partial charge in [-0.25, -0.2) is 0 Å². The third-order valence-electron chi connectivity index (χ3n) is 3.35. The fourth-order valence-electron chi connectivity index (χ4n) is 2.18. The van der Waals surface area contributed by atoms with Gasteiger partial charge in [-0.2, -0.15) is 0 Å². The molecule has 1 saturated carbocycles. The Morgan fingerprint density at radius 1 is 1.26 bits per heavy atom. The summed E-state index contributed by atoms with van der Waals surface area (Å²) in [5, 5.41) is 0. The summed E-state index contributed by atoms with van der Waals surface area (Å²) >= 11 is 0. The molecule has 1 aromatic rings. The van der Waals surface area contributed by atoms with E-state index >= 15 is 0 Å². The molecular weight excluding hydrogens is 240 g/mol. The van der Waals surface area contributed by atoms with Crippen LogP contribution >= 0.6 is 0 Å². The van der Waals surface area contributed by atoms with Crippen LogP contribution in [0.3, 0.4) is 0 Å². The lowest BCUT2D eigenvalue weighted by Crippen LogP contribution is -2.29. The van der Waals surface area contributed by atoms with Gasteiger partial charge in [-0.05, 0) is 30.5 Å². The standard InChI is InChI=1S/C15H24N2O2/c1-18-9-10-19-8-7-17(15-5-6-15)12-13-3-2-4-14(16)11-13/h2-4,11,15H,5-10,12,16H2,1H3. The zero-order valence-electron chi connectivity index (χ0n) is 11.7. The number of nitrogens with zero attached hydrogens (tertiary/aromatic N) is 1. The second kappa shape index (κ2) is 7.48. The van der Waals surface area contributed by atoms with E-state index in [2.05, 4.69) is 17.0 Å². The summed E-state index contributed by atoms with van der Waals surface area (Å²) in [5.74, 6) is 0. The van der Waals surface area contributed by atoms with E-state index in [9.17, 15) is 0 Å². The molecule has 0 aromatic heterocycles. The predicted octanol–water partition coefficient (Wildman–Crippen LogP) is 1.90. The average Bonchev–Trinajstić information content (AvgIpc) is 3.21. The van der Waals surface area contributed by atoms with Gasteiger partial charge in [0.05, 0.1) is 19.8 Å². The van der Waals surface area contributed by atoms with Crippen LogP contribution in [0.15, 0.2) is 24.3 Å². The Labute approximate surface area is 115 Å². The maximum atomic E-state index is 5.82. The Hall–Kier alpha value is -1.10. The molecule has 0 bridgehead atoms. The van der Waals surface area contributed by atoms with Gasteiger partial charge in [-0.3, -0.25) is 4.90 Å². The second-order valence-electron chi connectivity index (χ2n) is 5.05. The first kappa shape index (κ1) is 14.3. The summed E-state index contributed by atoms with van der Waals surface area (Å²) in [5.41, 5.74) is 7.94. The van der Waals surface area contributed by atoms with E-state index in [4.69, 9.17) is 15.2 Å². The Kier molecular flexibility index (Phi) is 5.63. The highest BCUT2D eigenvalue weighted by Crippen LogP contribution is 2.28. The zero-order valence-corrected chi connectivity index (χ0v) is 11.7. The third kappa shape index (κ3) is 5.19. The van der Waals surface area contributed by atoms with Crippen LogP contribution in [0.25, 0.3) is 0 Å². The minimum absolute atomic E-state index is 0.665. The second-order valence-corrected chi connectivity index (χ2v) is 5.05. The van der Waals surface area contributed by atoms with E-state index in [-0.39, 0.29) is 0 Å². The first-order chi connectivity index (χ1) is 9.29. The van der Waals surface area contributed by atoms with Gasteiger partial charge in [0.1, 0.15) is 0 Å². The number of ether oxygens (including phenoxy) is 2. The molecule has 0 spiro atoms. The number of hydrogen-bond acceptors (Lipinski definition) is 4. The number of anilines is 1. The van der Waals surface area contributed by atoms with Crippen molar-refractivity contribution in [3.63, 3.8) is 0 Å². The normalized spacial score (nSPS) is 15.1. The molecule has 1 aromatic carbocycles. The molecule has 0 radical (unpaired) electrons. The number of hydrogen-bond donors (Lipinski definition) is 1. The van der Waals surface area contributed by atoms with E-state index in [0.717, 1.165) is 31.4 Å². The molecule has 0 atom stereocenters. The molecular formula is C15H24N2O2. The molecule has 0 amide bonds. The SMILES string of the molecule is COCCOCCN(Cc1cccc(N)c1)C1CC1. The molecule has 4 nitrogen and oxygen atoms in total. The molecule has 2 rings (SSSR count). The fraction of sp³-hybridized carbons (Fsp3) is 0.600. The Bertz CT molecular complexity index is 380. The van der Waals surface area contributed by atoms with Gasteiger partial charge >= 0.3 is 0 Å². The van der Waals surface area contributed by atoms with Crippen LogP contribution in [0.1, 0.15) is 18.4 Å². The Morgan fingerprint density at radius 3 is 2.79 bits per heavy atom. The van der Waals surface area contributed by atoms with E-state index in [1.807, 2.05) is 12.1 Å². The van der Waals surface area contributed by atoms with Crippen molar-refractivity contribution in [1.82, 2.24) is 4.90 Å². The van der Waals surface area contributed by atoms with Gasteiger partial charge < -0.3 is 15.2 Å². The van der Waals surface area contributed by atoms with Crippen LogP contribution in [0, 0.1) is 0 Å². The number of benzene rings is 1. The minimum Gasteiger partial charge on any atom is -0.399 e. The quantitative estimate of drug-likeness (QED) is 0.546. The van der Waals surface area contributed by atoms with Crippen molar-refractivity contribution in [1.29, 1.82) is 0 Å². The molecule has 0 heterocycles. The summed E-state index contributed by atoms with van der Waals surface area (Å²) in [6.45, 7) is 4.04. The highest BCUT2D eigenvalue weighted by Gasteiger charge is 2.28. The topological polar surface area (TPSA) is 47.7 Å². The van der Waals surface area contributed by atoms with Crippen LogP contribution in [-0.2, 0) is 16.0 Å². The number of nitrogens with two attached hydrogens (primary N) is 1. The smallest absolute Gasteiger partial charge is 0.0700 e. The van der Waals surface area contributed by atoms with Gasteiger partial charge in [0, 0.05) is 31.9 Å². The zero-order chi connectivity index (χ0) is 13.5. The molecule has 1 fully saturated rings. The lowest BCUT2D eigenvalue weighted by molar-refractivity contribution is 0.0546. The Morgan fingerprint density at radius 2 is 2.11 bits per heavy atom. The van der Waals surface area contributed by atoms with E-state index < -0.39 is 0 Å². The van der Waals surface area contributed by atoms with Gasteiger partial charge in [-0.1, -0.05) is 12.1 Å². The van der Waals surface area contributed by atoms with Crippen molar-refractivity contribution in [2.75, 3.05) is 39.2 Å². The van der Waals surface area contributed by atoms with Crippen molar-refractivity contribution in [2.24, 2.45) is 0 Å². The predicted molar refractivity (Wildman–Crippen MR) is 77.0 cm³/mol. The third-order valence-corrected chi connectivity index (χ3v) is 3.35. The summed E-state index contributed by atoms with van der Waals surface area (Å²) in [6.07, 6.45) is 2.61. The van der Waals surface area contributed by atoms with Gasteiger partial charge in [0.15, 0.2) is 0 Å². The van der Waals surface area contributed by atoms with E-state index in [1.165, 1.54) is 18.4 Å². The molecule has 19 heavy (non-hydrogen) atoms. The highest BCUT2D eigenvalue weighted by atomic mass is 16.5. The van der Waals surface area contributed by atoms with E-state index in [0.29, 0.717) is 13.2 Å². The summed E-state index contributed by atoms with van der Waals surface area (Å²) in [6, 6.07) is 8.87. The molecule has 2 N–H and O–H groups in total. The largest absolute Gasteiger partial charge is 0.399 e.